The van der Waals surface area contributed by atoms with Gasteiger partial charge in [-0.15, -0.1) is 0 Å². The van der Waals surface area contributed by atoms with Crippen LogP contribution in [-0.2, 0) is 0 Å². The fourth-order valence-corrected chi connectivity index (χ4v) is 4.02. The minimum absolute atomic E-state index is 0.388. The summed E-state index contributed by atoms with van der Waals surface area (Å²) in [4.78, 5) is 6.96. The van der Waals surface area contributed by atoms with Crippen LogP contribution in [0.4, 0.5) is 5.82 Å². The van der Waals surface area contributed by atoms with E-state index in [2.05, 4.69) is 61.2 Å². The molecular weight excluding hydrogens is 364 g/mol. The van der Waals surface area contributed by atoms with Gasteiger partial charge in [0.2, 0.25) is 0 Å². The standard InChI is InChI=1S/C21H28N8/c1-15-13-19(28-27-15)25-21(2)14-18-17(5-3-9-23-18)20(26-21)24-16-6-11-29(12-7-16)10-4-8-22/h3,5,9,13-14,16,24,26H,4,6-7,10-12H2,1-2H3,(H2,25,27,28). The molecule has 0 spiro atoms. The second kappa shape index (κ2) is 8.13. The van der Waals surface area contributed by atoms with E-state index >= 15 is 0 Å². The normalized spacial score (nSPS) is 22.2. The third kappa shape index (κ3) is 4.51. The van der Waals surface area contributed by atoms with Gasteiger partial charge in [-0.3, -0.25) is 10.1 Å². The number of hydrogen-bond acceptors (Lipinski definition) is 7. The molecule has 2 aromatic heterocycles. The zero-order chi connectivity index (χ0) is 20.3. The van der Waals surface area contributed by atoms with Gasteiger partial charge in [0.1, 0.15) is 17.3 Å². The van der Waals surface area contributed by atoms with Gasteiger partial charge in [-0.05, 0) is 44.9 Å². The van der Waals surface area contributed by atoms with Crippen molar-refractivity contribution in [2.24, 2.45) is 0 Å². The molecule has 0 amide bonds. The topological polar surface area (TPSA) is 105 Å². The van der Waals surface area contributed by atoms with Crippen LogP contribution in [0.5, 0.6) is 0 Å². The number of fused-ring (bicyclic) bond motifs is 1. The SMILES string of the molecule is Cc1cc(NC2(C)C=c3ncccc3=C(NC3CCN(CCC#N)CC3)N2)n[nH]1. The number of pyridine rings is 1. The molecule has 2 aliphatic rings. The highest BCUT2D eigenvalue weighted by atomic mass is 15.3. The number of anilines is 1. The van der Waals surface area contributed by atoms with Gasteiger partial charge >= 0.3 is 0 Å². The van der Waals surface area contributed by atoms with Crippen LogP contribution < -0.4 is 26.5 Å². The first kappa shape index (κ1) is 19.3. The van der Waals surface area contributed by atoms with Crippen molar-refractivity contribution < 1.29 is 0 Å². The molecule has 8 heteroatoms. The number of nitrogens with one attached hydrogen (secondary N) is 4. The first-order valence-corrected chi connectivity index (χ1v) is 10.2. The van der Waals surface area contributed by atoms with E-state index in [0.717, 1.165) is 60.4 Å². The van der Waals surface area contributed by atoms with E-state index in [9.17, 15) is 0 Å². The Hall–Kier alpha value is -3.05. The summed E-state index contributed by atoms with van der Waals surface area (Å²) < 4.78 is 0. The summed E-state index contributed by atoms with van der Waals surface area (Å²) >= 11 is 0. The molecule has 4 heterocycles. The van der Waals surface area contributed by atoms with E-state index < -0.39 is 5.66 Å². The molecule has 1 fully saturated rings. The highest BCUT2D eigenvalue weighted by molar-refractivity contribution is 5.57. The van der Waals surface area contributed by atoms with Crippen LogP contribution in [-0.4, -0.2) is 51.4 Å². The zero-order valence-electron chi connectivity index (χ0n) is 17.0. The lowest BCUT2D eigenvalue weighted by Gasteiger charge is -2.37. The van der Waals surface area contributed by atoms with Gasteiger partial charge in [0, 0.05) is 55.3 Å². The number of rotatable bonds is 6. The zero-order valence-corrected chi connectivity index (χ0v) is 17.0. The molecule has 4 rings (SSSR count). The van der Waals surface area contributed by atoms with Crippen LogP contribution >= 0.6 is 0 Å². The smallest absolute Gasteiger partial charge is 0.150 e. The van der Waals surface area contributed by atoms with Crippen LogP contribution in [0.25, 0.3) is 11.9 Å². The van der Waals surface area contributed by atoms with Crippen molar-refractivity contribution in [3.05, 3.63) is 40.7 Å². The van der Waals surface area contributed by atoms with Gasteiger partial charge in [0.25, 0.3) is 0 Å². The maximum absolute atomic E-state index is 8.79. The number of aromatic nitrogens is 3. The predicted octanol–water partition coefficient (Wildman–Crippen LogP) is 0.359. The first-order chi connectivity index (χ1) is 14.0. The second-order valence-electron chi connectivity index (χ2n) is 8.01. The lowest BCUT2D eigenvalue weighted by Crippen LogP contribution is -2.59. The summed E-state index contributed by atoms with van der Waals surface area (Å²) in [6, 6.07) is 8.67. The van der Waals surface area contributed by atoms with E-state index in [1.165, 1.54) is 0 Å². The molecule has 1 saturated heterocycles. The quantitative estimate of drug-likeness (QED) is 0.563. The lowest BCUT2D eigenvalue weighted by atomic mass is 10.0. The molecule has 0 bridgehead atoms. The molecule has 29 heavy (non-hydrogen) atoms. The van der Waals surface area contributed by atoms with E-state index in [4.69, 9.17) is 5.26 Å². The Labute approximate surface area is 170 Å². The maximum Gasteiger partial charge on any atom is 0.150 e. The predicted molar refractivity (Wildman–Crippen MR) is 113 cm³/mol. The van der Waals surface area contributed by atoms with Gasteiger partial charge in [0.15, 0.2) is 0 Å². The fourth-order valence-electron chi connectivity index (χ4n) is 4.02. The third-order valence-electron chi connectivity index (χ3n) is 5.49. The summed E-state index contributed by atoms with van der Waals surface area (Å²) in [5.74, 6) is 1.78. The molecule has 152 valence electrons. The molecule has 1 atom stereocenters. The van der Waals surface area contributed by atoms with Gasteiger partial charge in [0.05, 0.1) is 11.4 Å². The molecule has 2 aliphatic heterocycles. The summed E-state index contributed by atoms with van der Waals surface area (Å²) in [6.45, 7) is 6.96. The second-order valence-corrected chi connectivity index (χ2v) is 8.01. The van der Waals surface area contributed by atoms with Gasteiger partial charge in [-0.1, -0.05) is 0 Å². The van der Waals surface area contributed by atoms with Crippen LogP contribution in [0, 0.1) is 18.3 Å². The van der Waals surface area contributed by atoms with Gasteiger partial charge in [-0.25, -0.2) is 0 Å². The Kier molecular flexibility index (Phi) is 5.41. The Morgan fingerprint density at radius 1 is 1.38 bits per heavy atom. The van der Waals surface area contributed by atoms with Gasteiger partial charge < -0.3 is 20.9 Å². The van der Waals surface area contributed by atoms with Crippen molar-refractivity contribution in [3.63, 3.8) is 0 Å². The van der Waals surface area contributed by atoms with E-state index in [1.54, 1.807) is 0 Å². The van der Waals surface area contributed by atoms with Crippen LogP contribution in [0.15, 0.2) is 24.4 Å². The molecule has 4 N–H and O–H groups in total. The highest BCUT2D eigenvalue weighted by Gasteiger charge is 2.28. The lowest BCUT2D eigenvalue weighted by molar-refractivity contribution is 0.208. The minimum Gasteiger partial charge on any atom is -0.368 e. The fraction of sp³-hybridized carbons (Fsp3) is 0.476. The van der Waals surface area contributed by atoms with E-state index in [-0.39, 0.29) is 0 Å². The molecule has 2 aromatic rings. The van der Waals surface area contributed by atoms with Gasteiger partial charge in [-0.2, -0.15) is 10.4 Å². The number of hydrogen-bond donors (Lipinski definition) is 4. The molecule has 0 aliphatic carbocycles. The van der Waals surface area contributed by atoms with Crippen molar-refractivity contribution >= 4 is 17.7 Å². The third-order valence-corrected chi connectivity index (χ3v) is 5.49. The summed E-state index contributed by atoms with van der Waals surface area (Å²) in [5, 5.41) is 28.9. The minimum atomic E-state index is -0.515. The molecule has 0 radical (unpaired) electrons. The van der Waals surface area contributed by atoms with Crippen LogP contribution in [0.3, 0.4) is 0 Å². The van der Waals surface area contributed by atoms with Crippen molar-refractivity contribution in [3.8, 4) is 6.07 Å². The van der Waals surface area contributed by atoms with Crippen molar-refractivity contribution in [2.75, 3.05) is 25.0 Å². The highest BCUT2D eigenvalue weighted by Crippen LogP contribution is 2.17. The van der Waals surface area contributed by atoms with Crippen LogP contribution in [0.2, 0.25) is 0 Å². The van der Waals surface area contributed by atoms with E-state index in [1.807, 2.05) is 25.3 Å². The molecular formula is C21H28N8. The summed E-state index contributed by atoms with van der Waals surface area (Å²) in [6.07, 6.45) is 6.63. The van der Waals surface area contributed by atoms with Crippen LogP contribution in [0.1, 0.15) is 31.9 Å². The number of nitriles is 1. The Bertz CT molecular complexity index is 1010. The Morgan fingerprint density at radius 2 is 2.21 bits per heavy atom. The first-order valence-electron chi connectivity index (χ1n) is 10.2. The van der Waals surface area contributed by atoms with Crippen molar-refractivity contribution in [1.29, 1.82) is 5.26 Å². The molecule has 1 unspecified atom stereocenters. The molecule has 0 saturated carbocycles. The largest absolute Gasteiger partial charge is 0.368 e. The molecule has 8 nitrogen and oxygen atoms in total. The number of aromatic amines is 1. The summed E-state index contributed by atoms with van der Waals surface area (Å²) in [7, 11) is 0. The number of H-pyrrole nitrogens is 1. The Morgan fingerprint density at radius 3 is 2.93 bits per heavy atom. The monoisotopic (exact) mass is 392 g/mol. The maximum atomic E-state index is 8.79. The number of likely N-dealkylation sites (tertiary alicyclic amines) is 1. The number of aryl methyl sites for hydroxylation is 1. The van der Waals surface area contributed by atoms with Crippen molar-refractivity contribution in [1.82, 2.24) is 30.7 Å². The average Bonchev–Trinajstić information content (AvgIpc) is 3.11. The average molecular weight is 393 g/mol. The number of nitrogens with zero attached hydrogens (tertiary/aromatic N) is 4. The molecule has 0 aromatic carbocycles. The number of piperidine rings is 1. The Balaban J connectivity index is 1.52. The van der Waals surface area contributed by atoms with E-state index in [0.29, 0.717) is 12.5 Å². The van der Waals surface area contributed by atoms with Crippen molar-refractivity contribution in [2.45, 2.75) is 44.8 Å². The summed E-state index contributed by atoms with van der Waals surface area (Å²) in [5.41, 5.74) is 0.495.